The summed E-state index contributed by atoms with van der Waals surface area (Å²) in [5.41, 5.74) is 7.31. The summed E-state index contributed by atoms with van der Waals surface area (Å²) in [5.74, 6) is 2.05. The molecule has 0 heterocycles. The second-order valence-corrected chi connectivity index (χ2v) is 8.23. The summed E-state index contributed by atoms with van der Waals surface area (Å²) in [5, 5.41) is 0. The summed E-state index contributed by atoms with van der Waals surface area (Å²) in [4.78, 5) is 0.380. The Labute approximate surface area is 127 Å². The molecule has 0 aliphatic heterocycles. The van der Waals surface area contributed by atoms with Crippen LogP contribution in [0.15, 0.2) is 23.1 Å². The van der Waals surface area contributed by atoms with Gasteiger partial charge in [-0.3, -0.25) is 0 Å². The molecule has 2 aliphatic carbocycles. The van der Waals surface area contributed by atoms with Crippen LogP contribution >= 0.6 is 0 Å². The molecule has 0 bridgehead atoms. The maximum absolute atomic E-state index is 12.5. The van der Waals surface area contributed by atoms with E-state index in [1.807, 2.05) is 13.0 Å². The minimum absolute atomic E-state index is 0.380. The van der Waals surface area contributed by atoms with E-state index in [0.717, 1.165) is 23.0 Å². The maximum atomic E-state index is 12.5. The van der Waals surface area contributed by atoms with Crippen LogP contribution in [-0.2, 0) is 16.6 Å². The van der Waals surface area contributed by atoms with Crippen molar-refractivity contribution in [2.75, 3.05) is 6.54 Å². The zero-order chi connectivity index (χ0) is 15.0. The Hall–Kier alpha value is -0.910. The third-order valence-corrected chi connectivity index (χ3v) is 6.31. The lowest BCUT2D eigenvalue weighted by Crippen LogP contribution is -2.31. The lowest BCUT2D eigenvalue weighted by molar-refractivity contribution is 0.401. The SMILES string of the molecule is Cc1cc(CN)ccc1S(=O)(=O)NCC(C1CC1)C1CC1. The Balaban J connectivity index is 1.71. The van der Waals surface area contributed by atoms with Gasteiger partial charge in [-0.25, -0.2) is 13.1 Å². The zero-order valence-corrected chi connectivity index (χ0v) is 13.3. The number of hydrogen-bond donors (Lipinski definition) is 2. The van der Waals surface area contributed by atoms with Gasteiger partial charge in [-0.1, -0.05) is 12.1 Å². The normalized spacial score (nSPS) is 19.2. The first-order valence-corrected chi connectivity index (χ1v) is 9.29. The van der Waals surface area contributed by atoms with Gasteiger partial charge in [0, 0.05) is 13.1 Å². The van der Waals surface area contributed by atoms with Crippen LogP contribution in [0, 0.1) is 24.7 Å². The second kappa shape index (κ2) is 5.71. The van der Waals surface area contributed by atoms with E-state index in [1.54, 1.807) is 12.1 Å². The summed E-state index contributed by atoms with van der Waals surface area (Å²) in [6.07, 6.45) is 5.08. The van der Waals surface area contributed by atoms with Gasteiger partial charge in [0.1, 0.15) is 0 Å². The molecule has 3 rings (SSSR count). The molecule has 3 N–H and O–H groups in total. The quantitative estimate of drug-likeness (QED) is 0.811. The van der Waals surface area contributed by atoms with E-state index >= 15 is 0 Å². The van der Waals surface area contributed by atoms with E-state index in [0.29, 0.717) is 23.9 Å². The van der Waals surface area contributed by atoms with Crippen molar-refractivity contribution in [1.29, 1.82) is 0 Å². The highest BCUT2D eigenvalue weighted by molar-refractivity contribution is 7.89. The number of sulfonamides is 1. The first kappa shape index (κ1) is 15.0. The predicted octanol–water partition coefficient (Wildman–Crippen LogP) is 2.17. The van der Waals surface area contributed by atoms with Gasteiger partial charge in [-0.15, -0.1) is 0 Å². The molecule has 2 fully saturated rings. The summed E-state index contributed by atoms with van der Waals surface area (Å²) >= 11 is 0. The van der Waals surface area contributed by atoms with Gasteiger partial charge < -0.3 is 5.73 Å². The molecule has 0 saturated heterocycles. The van der Waals surface area contributed by atoms with Crippen molar-refractivity contribution in [3.05, 3.63) is 29.3 Å². The number of hydrogen-bond acceptors (Lipinski definition) is 3. The molecule has 0 aromatic heterocycles. The number of aryl methyl sites for hydroxylation is 1. The van der Waals surface area contributed by atoms with E-state index in [-0.39, 0.29) is 0 Å². The predicted molar refractivity (Wildman–Crippen MR) is 83.2 cm³/mol. The fraction of sp³-hybridized carbons (Fsp3) is 0.625. The Morgan fingerprint density at radius 3 is 2.33 bits per heavy atom. The molecule has 2 saturated carbocycles. The largest absolute Gasteiger partial charge is 0.326 e. The highest BCUT2D eigenvalue weighted by Crippen LogP contribution is 2.48. The Morgan fingerprint density at radius 2 is 1.86 bits per heavy atom. The summed E-state index contributed by atoms with van der Waals surface area (Å²) < 4.78 is 27.8. The molecular formula is C16H24N2O2S. The maximum Gasteiger partial charge on any atom is 0.240 e. The molecule has 4 nitrogen and oxygen atoms in total. The summed E-state index contributed by atoms with van der Waals surface area (Å²) in [7, 11) is -3.41. The molecule has 116 valence electrons. The van der Waals surface area contributed by atoms with E-state index in [1.165, 1.54) is 25.7 Å². The monoisotopic (exact) mass is 308 g/mol. The van der Waals surface area contributed by atoms with Crippen LogP contribution in [0.1, 0.15) is 36.8 Å². The zero-order valence-electron chi connectivity index (χ0n) is 12.5. The molecule has 1 aromatic carbocycles. The third-order valence-electron chi connectivity index (χ3n) is 4.73. The van der Waals surface area contributed by atoms with E-state index in [9.17, 15) is 8.42 Å². The molecule has 0 radical (unpaired) electrons. The van der Waals surface area contributed by atoms with E-state index in [4.69, 9.17) is 5.73 Å². The van der Waals surface area contributed by atoms with Crippen molar-refractivity contribution in [3.8, 4) is 0 Å². The highest BCUT2D eigenvalue weighted by Gasteiger charge is 2.41. The van der Waals surface area contributed by atoms with Crippen molar-refractivity contribution in [3.63, 3.8) is 0 Å². The average Bonchev–Trinajstić information content (AvgIpc) is 3.31. The highest BCUT2D eigenvalue weighted by atomic mass is 32.2. The molecule has 0 spiro atoms. The minimum atomic E-state index is -3.41. The van der Waals surface area contributed by atoms with Gasteiger partial charge in [-0.2, -0.15) is 0 Å². The first-order valence-electron chi connectivity index (χ1n) is 7.80. The molecule has 0 atom stereocenters. The van der Waals surface area contributed by atoms with Gasteiger partial charge in [0.15, 0.2) is 0 Å². The van der Waals surface area contributed by atoms with E-state index < -0.39 is 10.0 Å². The first-order chi connectivity index (χ1) is 10.0. The van der Waals surface area contributed by atoms with Gasteiger partial charge in [0.25, 0.3) is 0 Å². The Kier molecular flexibility index (Phi) is 4.08. The van der Waals surface area contributed by atoms with Crippen molar-refractivity contribution < 1.29 is 8.42 Å². The van der Waals surface area contributed by atoms with Crippen molar-refractivity contribution in [2.45, 2.75) is 44.0 Å². The standard InChI is InChI=1S/C16H24N2O2S/c1-11-8-12(9-17)2-7-16(11)21(19,20)18-10-15(13-3-4-13)14-5-6-14/h2,7-8,13-15,18H,3-6,9-10,17H2,1H3. The van der Waals surface area contributed by atoms with Crippen LogP contribution in [0.2, 0.25) is 0 Å². The molecule has 21 heavy (non-hydrogen) atoms. The van der Waals surface area contributed by atoms with Crippen LogP contribution in [0.4, 0.5) is 0 Å². The van der Waals surface area contributed by atoms with Crippen LogP contribution < -0.4 is 10.5 Å². The van der Waals surface area contributed by atoms with Crippen molar-refractivity contribution in [1.82, 2.24) is 4.72 Å². The lowest BCUT2D eigenvalue weighted by Gasteiger charge is -2.17. The molecule has 0 unspecified atom stereocenters. The lowest BCUT2D eigenvalue weighted by atomic mass is 9.99. The van der Waals surface area contributed by atoms with Crippen molar-refractivity contribution >= 4 is 10.0 Å². The van der Waals surface area contributed by atoms with Gasteiger partial charge >= 0.3 is 0 Å². The smallest absolute Gasteiger partial charge is 0.240 e. The molecule has 5 heteroatoms. The Bertz CT molecular complexity index is 607. The topological polar surface area (TPSA) is 72.2 Å². The minimum Gasteiger partial charge on any atom is -0.326 e. The number of benzene rings is 1. The number of nitrogens with one attached hydrogen (secondary N) is 1. The second-order valence-electron chi connectivity index (χ2n) is 6.49. The van der Waals surface area contributed by atoms with E-state index in [2.05, 4.69) is 4.72 Å². The van der Waals surface area contributed by atoms with Gasteiger partial charge in [-0.05, 0) is 67.6 Å². The van der Waals surface area contributed by atoms with Crippen LogP contribution in [0.3, 0.4) is 0 Å². The summed E-state index contributed by atoms with van der Waals surface area (Å²) in [6, 6.07) is 5.32. The van der Waals surface area contributed by atoms with Gasteiger partial charge in [0.2, 0.25) is 10.0 Å². The molecule has 0 amide bonds. The number of rotatable bonds is 7. The van der Waals surface area contributed by atoms with Crippen LogP contribution in [0.25, 0.3) is 0 Å². The molecule has 2 aliphatic rings. The van der Waals surface area contributed by atoms with Crippen molar-refractivity contribution in [2.24, 2.45) is 23.5 Å². The molecule has 1 aromatic rings. The van der Waals surface area contributed by atoms with Crippen LogP contribution in [0.5, 0.6) is 0 Å². The Morgan fingerprint density at radius 1 is 1.24 bits per heavy atom. The van der Waals surface area contributed by atoms with Crippen LogP contribution in [-0.4, -0.2) is 15.0 Å². The third kappa shape index (κ3) is 3.47. The fourth-order valence-corrected chi connectivity index (χ4v) is 4.49. The summed E-state index contributed by atoms with van der Waals surface area (Å²) in [6.45, 7) is 2.85. The fourth-order valence-electron chi connectivity index (χ4n) is 3.19. The molecular weight excluding hydrogens is 284 g/mol. The average molecular weight is 308 g/mol. The van der Waals surface area contributed by atoms with Gasteiger partial charge in [0.05, 0.1) is 4.90 Å². The number of nitrogens with two attached hydrogens (primary N) is 1.